The molecule has 12 heteroatoms. The highest BCUT2D eigenvalue weighted by Crippen LogP contribution is 2.45. The Morgan fingerprint density at radius 2 is 1.82 bits per heavy atom. The molecule has 0 saturated carbocycles. The predicted octanol–water partition coefficient (Wildman–Crippen LogP) is 6.53. The molecule has 0 aromatic heterocycles. The lowest BCUT2D eigenvalue weighted by atomic mass is 9.89. The number of benzene rings is 2. The molecule has 1 aliphatic heterocycles. The minimum Gasteiger partial charge on any atom is -0.489 e. The van der Waals surface area contributed by atoms with Gasteiger partial charge in [-0.3, -0.25) is 0 Å². The summed E-state index contributed by atoms with van der Waals surface area (Å²) in [5.74, 6) is -0.967. The quantitative estimate of drug-likeness (QED) is 0.381. The minimum absolute atomic E-state index is 0.0169. The average Bonchev–Trinajstić information content (AvgIpc) is 2.82. The summed E-state index contributed by atoms with van der Waals surface area (Å²) < 4.78 is 105. The normalized spacial score (nSPS) is 20.5. The molecule has 206 valence electrons. The monoisotopic (exact) mass is 547 g/mol. The van der Waals surface area contributed by atoms with Crippen molar-refractivity contribution in [2.24, 2.45) is 5.92 Å². The first-order valence-electron chi connectivity index (χ1n) is 11.6. The molecule has 1 N–H and O–H groups in total. The Labute approximate surface area is 213 Å². The zero-order valence-corrected chi connectivity index (χ0v) is 20.0. The number of para-hydroxylation sites is 1. The molecule has 0 radical (unpaired) electrons. The number of aliphatic hydroxyl groups excluding tert-OH is 1. The van der Waals surface area contributed by atoms with Crippen molar-refractivity contribution in [1.29, 1.82) is 0 Å². The summed E-state index contributed by atoms with van der Waals surface area (Å²) in [7, 11) is 0. The Kier molecular flexibility index (Phi) is 7.82. The molecule has 1 unspecified atom stereocenters. The van der Waals surface area contributed by atoms with E-state index in [-0.39, 0.29) is 13.2 Å². The molecule has 0 amide bonds. The van der Waals surface area contributed by atoms with Crippen LogP contribution in [-0.2, 0) is 4.74 Å². The van der Waals surface area contributed by atoms with E-state index in [9.17, 15) is 35.8 Å². The van der Waals surface area contributed by atoms with Crippen LogP contribution in [0.2, 0.25) is 0 Å². The van der Waals surface area contributed by atoms with Gasteiger partial charge in [-0.1, -0.05) is 30.3 Å². The maximum absolute atomic E-state index is 13.5. The highest BCUT2D eigenvalue weighted by Gasteiger charge is 2.45. The fraction of sp³-hybridized carbons (Fsp3) is 0.385. The lowest BCUT2D eigenvalue weighted by Crippen LogP contribution is -2.50. The van der Waals surface area contributed by atoms with Gasteiger partial charge < -0.3 is 24.2 Å². The van der Waals surface area contributed by atoms with Gasteiger partial charge in [0, 0.05) is 18.0 Å². The number of fused-ring (bicyclic) bond motifs is 1. The van der Waals surface area contributed by atoms with Crippen molar-refractivity contribution in [3.8, 4) is 22.6 Å². The van der Waals surface area contributed by atoms with Gasteiger partial charge in [0.05, 0.1) is 17.8 Å². The first-order valence-corrected chi connectivity index (χ1v) is 11.6. The topological polar surface area (TPSA) is 51.2 Å². The zero-order chi connectivity index (χ0) is 27.7. The summed E-state index contributed by atoms with van der Waals surface area (Å²) in [6, 6.07) is 9.92. The van der Waals surface area contributed by atoms with Crippen LogP contribution in [0.3, 0.4) is 0 Å². The van der Waals surface area contributed by atoms with Crippen LogP contribution in [0, 0.1) is 5.92 Å². The molecule has 0 spiro atoms. The minimum atomic E-state index is -4.86. The number of nitrogens with zero attached hydrogens (tertiary/aromatic N) is 1. The van der Waals surface area contributed by atoms with Gasteiger partial charge in [0.25, 0.3) is 0 Å². The van der Waals surface area contributed by atoms with Crippen LogP contribution < -0.4 is 14.4 Å². The van der Waals surface area contributed by atoms with Crippen molar-refractivity contribution >= 4 is 5.69 Å². The lowest BCUT2D eigenvalue weighted by Gasteiger charge is -2.43. The Balaban J connectivity index is 1.67. The van der Waals surface area contributed by atoms with Crippen molar-refractivity contribution in [1.82, 2.24) is 0 Å². The molecule has 5 nitrogen and oxygen atoms in total. The summed E-state index contributed by atoms with van der Waals surface area (Å²) in [4.78, 5) is 1.81. The van der Waals surface area contributed by atoms with Crippen LogP contribution >= 0.6 is 0 Å². The van der Waals surface area contributed by atoms with E-state index >= 15 is 0 Å². The Morgan fingerprint density at radius 1 is 1.08 bits per heavy atom. The third-order valence-electron chi connectivity index (χ3n) is 6.01. The predicted molar refractivity (Wildman–Crippen MR) is 124 cm³/mol. The van der Waals surface area contributed by atoms with Crippen molar-refractivity contribution in [2.75, 3.05) is 18.1 Å². The number of rotatable bonds is 8. The molecule has 4 rings (SSSR count). The number of anilines is 1. The van der Waals surface area contributed by atoms with Gasteiger partial charge in [-0.15, -0.1) is 13.2 Å². The Morgan fingerprint density at radius 3 is 2.50 bits per heavy atom. The van der Waals surface area contributed by atoms with E-state index in [1.807, 2.05) is 4.90 Å². The third kappa shape index (κ3) is 6.35. The second kappa shape index (κ2) is 10.8. The second-order valence-corrected chi connectivity index (χ2v) is 8.94. The first-order chi connectivity index (χ1) is 17.8. The number of hydrogen-bond donors (Lipinski definition) is 1. The molecule has 1 heterocycles. The molecular weight excluding hydrogens is 523 g/mol. The Bertz CT molecular complexity index is 1200. The van der Waals surface area contributed by atoms with Crippen molar-refractivity contribution < 1.29 is 50.1 Å². The van der Waals surface area contributed by atoms with Gasteiger partial charge in [-0.05, 0) is 49.3 Å². The average molecular weight is 547 g/mol. The third-order valence-corrected chi connectivity index (χ3v) is 6.01. The summed E-state index contributed by atoms with van der Waals surface area (Å²) in [5, 5.41) is 10.2. The fourth-order valence-electron chi connectivity index (χ4n) is 4.52. The van der Waals surface area contributed by atoms with Crippen molar-refractivity contribution in [2.45, 2.75) is 44.4 Å². The van der Waals surface area contributed by atoms with Crippen LogP contribution in [0.4, 0.5) is 36.4 Å². The highest BCUT2D eigenvalue weighted by molar-refractivity contribution is 5.80. The second-order valence-electron chi connectivity index (χ2n) is 8.94. The standard InChI is InChI=1S/C26H24F7NO4/c1-15(35)13-34-21-10-4-9-20(16-5-2-8-19(11-16)38-26(31,32)33)23(21)36-14-22(34)17-6-3-7-18(12-17)37-25(29,30)24(27)28/h2-5,7-12,15,17,22,24,35H,6,13-14H2,1H3/t15-,17?,22-/m1/s1. The molecule has 0 saturated heterocycles. The van der Waals surface area contributed by atoms with Crippen molar-refractivity contribution in [3.05, 3.63) is 66.5 Å². The van der Waals surface area contributed by atoms with Crippen molar-refractivity contribution in [3.63, 3.8) is 0 Å². The van der Waals surface area contributed by atoms with Gasteiger partial charge in [-0.2, -0.15) is 17.6 Å². The number of β-amino-alcohol motifs (C(OH)–C–C–N with tert-alkyl or cyclic N) is 1. The molecule has 1 aliphatic carbocycles. The van der Waals surface area contributed by atoms with Crippen LogP contribution in [0.1, 0.15) is 13.3 Å². The van der Waals surface area contributed by atoms with Crippen LogP contribution in [0.25, 0.3) is 11.1 Å². The number of ether oxygens (including phenoxy) is 3. The number of allylic oxidation sites excluding steroid dienone is 2. The maximum atomic E-state index is 13.5. The Hall–Kier alpha value is -3.41. The van der Waals surface area contributed by atoms with E-state index in [2.05, 4.69) is 9.47 Å². The van der Waals surface area contributed by atoms with Crippen LogP contribution in [0.5, 0.6) is 11.5 Å². The first kappa shape index (κ1) is 27.6. The number of halogens is 7. The van der Waals surface area contributed by atoms with E-state index in [4.69, 9.17) is 4.74 Å². The maximum Gasteiger partial charge on any atom is 0.573 e. The van der Waals surface area contributed by atoms with E-state index in [0.29, 0.717) is 29.0 Å². The highest BCUT2D eigenvalue weighted by atomic mass is 19.4. The summed E-state index contributed by atoms with van der Waals surface area (Å²) in [6.45, 7) is 1.69. The molecule has 38 heavy (non-hydrogen) atoms. The summed E-state index contributed by atoms with van der Waals surface area (Å²) >= 11 is 0. The zero-order valence-electron chi connectivity index (χ0n) is 20.0. The number of hydrogen-bond acceptors (Lipinski definition) is 5. The van der Waals surface area contributed by atoms with Crippen LogP contribution in [-0.4, -0.2) is 49.3 Å². The van der Waals surface area contributed by atoms with Gasteiger partial charge in [0.2, 0.25) is 0 Å². The number of alkyl halides is 7. The van der Waals surface area contributed by atoms with E-state index < -0.39 is 48.5 Å². The fourth-order valence-corrected chi connectivity index (χ4v) is 4.52. The van der Waals surface area contributed by atoms with E-state index in [0.717, 1.165) is 0 Å². The van der Waals surface area contributed by atoms with E-state index in [1.165, 1.54) is 36.4 Å². The molecule has 2 aliphatic rings. The van der Waals surface area contributed by atoms with E-state index in [1.54, 1.807) is 31.2 Å². The van der Waals surface area contributed by atoms with Gasteiger partial charge in [-0.25, -0.2) is 0 Å². The molecular formula is C26H24F7NO4. The van der Waals surface area contributed by atoms with Gasteiger partial charge >= 0.3 is 18.9 Å². The molecule has 0 fully saturated rings. The molecule has 0 bridgehead atoms. The lowest BCUT2D eigenvalue weighted by molar-refractivity contribution is -0.280. The number of aliphatic hydroxyl groups is 1. The molecule has 3 atom stereocenters. The summed E-state index contributed by atoms with van der Waals surface area (Å²) in [6.07, 6.45) is -9.94. The molecule has 2 aromatic rings. The largest absolute Gasteiger partial charge is 0.573 e. The summed E-state index contributed by atoms with van der Waals surface area (Å²) in [5.41, 5.74) is 1.39. The van der Waals surface area contributed by atoms with Gasteiger partial charge in [0.15, 0.2) is 5.75 Å². The van der Waals surface area contributed by atoms with Gasteiger partial charge in [0.1, 0.15) is 18.1 Å². The van der Waals surface area contributed by atoms with Crippen LogP contribution in [0.15, 0.2) is 66.5 Å². The molecule has 2 aromatic carbocycles. The smallest absolute Gasteiger partial charge is 0.489 e. The SMILES string of the molecule is C[C@@H](O)CN1c2cccc(-c3cccc(OC(F)(F)F)c3)c2OC[C@@H]1C1C=C(OC(F)(F)C(F)F)C=CC1.